The summed E-state index contributed by atoms with van der Waals surface area (Å²) in [6.07, 6.45) is 9.56. The lowest BCUT2D eigenvalue weighted by molar-refractivity contribution is 0.297. The maximum absolute atomic E-state index is 5.81. The maximum atomic E-state index is 5.81. The number of benzene rings is 1. The summed E-state index contributed by atoms with van der Waals surface area (Å²) in [6, 6.07) is 10.2. The molecule has 2 aromatic rings. The molecule has 1 fully saturated rings. The van der Waals surface area contributed by atoms with E-state index in [1.54, 1.807) is 0 Å². The Hall–Kier alpha value is -1.72. The van der Waals surface area contributed by atoms with Crippen LogP contribution in [0.15, 0.2) is 36.5 Å². The third kappa shape index (κ3) is 3.31. The predicted molar refractivity (Wildman–Crippen MR) is 82.6 cm³/mol. The molecule has 1 saturated carbocycles. The summed E-state index contributed by atoms with van der Waals surface area (Å²) < 4.78 is 1.88. The number of aromatic nitrogens is 3. The molecule has 3 N–H and O–H groups in total. The summed E-state index contributed by atoms with van der Waals surface area (Å²) in [6.45, 7) is 0. The Kier molecular flexibility index (Phi) is 4.62. The molecule has 0 bridgehead atoms. The highest BCUT2D eigenvalue weighted by Gasteiger charge is 2.22. The van der Waals surface area contributed by atoms with E-state index in [9.17, 15) is 0 Å². The van der Waals surface area contributed by atoms with Gasteiger partial charge in [0.05, 0.1) is 23.6 Å². The van der Waals surface area contributed by atoms with Gasteiger partial charge in [0.2, 0.25) is 0 Å². The fourth-order valence-corrected chi connectivity index (χ4v) is 3.28. The Balaban J connectivity index is 1.79. The van der Waals surface area contributed by atoms with Gasteiger partial charge in [-0.3, -0.25) is 11.3 Å². The van der Waals surface area contributed by atoms with Gasteiger partial charge >= 0.3 is 0 Å². The molecule has 21 heavy (non-hydrogen) atoms. The van der Waals surface area contributed by atoms with Crippen molar-refractivity contribution in [2.75, 3.05) is 0 Å². The van der Waals surface area contributed by atoms with Gasteiger partial charge in [-0.05, 0) is 24.5 Å². The minimum absolute atomic E-state index is 0.100. The van der Waals surface area contributed by atoms with Crippen molar-refractivity contribution in [3.05, 3.63) is 42.2 Å². The molecule has 5 heteroatoms. The molecule has 1 aliphatic rings. The summed E-state index contributed by atoms with van der Waals surface area (Å²) in [4.78, 5) is 0. The molecule has 3 rings (SSSR count). The van der Waals surface area contributed by atoms with Crippen LogP contribution in [-0.2, 0) is 0 Å². The topological polar surface area (TPSA) is 68.8 Å². The first-order chi connectivity index (χ1) is 10.4. The smallest absolute Gasteiger partial charge is 0.0828 e. The molecular formula is C16H23N5. The van der Waals surface area contributed by atoms with Crippen molar-refractivity contribution in [2.24, 2.45) is 11.8 Å². The molecule has 1 heterocycles. The van der Waals surface area contributed by atoms with E-state index in [2.05, 4.69) is 15.7 Å². The second kappa shape index (κ2) is 6.83. The largest absolute Gasteiger partial charge is 0.271 e. The molecule has 0 spiro atoms. The van der Waals surface area contributed by atoms with Gasteiger partial charge in [0.25, 0.3) is 0 Å². The number of hydrogen-bond acceptors (Lipinski definition) is 4. The van der Waals surface area contributed by atoms with Gasteiger partial charge in [-0.25, -0.2) is 4.68 Å². The van der Waals surface area contributed by atoms with Crippen LogP contribution in [-0.4, -0.2) is 15.0 Å². The number of hydrogen-bond donors (Lipinski definition) is 2. The van der Waals surface area contributed by atoms with Crippen molar-refractivity contribution in [2.45, 2.75) is 44.6 Å². The molecule has 0 saturated heterocycles. The van der Waals surface area contributed by atoms with E-state index in [1.165, 1.54) is 32.1 Å². The summed E-state index contributed by atoms with van der Waals surface area (Å²) >= 11 is 0. The summed E-state index contributed by atoms with van der Waals surface area (Å²) in [5.41, 5.74) is 5.02. The number of nitrogens with one attached hydrogen (secondary N) is 1. The molecule has 0 aliphatic heterocycles. The Labute approximate surface area is 125 Å². The van der Waals surface area contributed by atoms with E-state index in [4.69, 9.17) is 5.84 Å². The molecule has 5 nitrogen and oxygen atoms in total. The Morgan fingerprint density at radius 3 is 2.67 bits per heavy atom. The molecule has 1 aromatic carbocycles. The lowest BCUT2D eigenvalue weighted by Gasteiger charge is -2.26. The molecule has 1 aliphatic carbocycles. The van der Waals surface area contributed by atoms with Gasteiger partial charge in [-0.15, -0.1) is 5.10 Å². The Morgan fingerprint density at radius 2 is 1.95 bits per heavy atom. The van der Waals surface area contributed by atoms with Crippen LogP contribution in [0.4, 0.5) is 0 Å². The highest BCUT2D eigenvalue weighted by molar-refractivity contribution is 5.32. The van der Waals surface area contributed by atoms with Gasteiger partial charge < -0.3 is 0 Å². The standard InChI is InChI=1S/C16H23N5/c17-19-15(11-13-7-3-1-4-8-13)16-12-18-20-21(16)14-9-5-2-6-10-14/h2,5-6,9-10,12-13,15,19H,1,3-4,7-8,11,17H2. The van der Waals surface area contributed by atoms with Crippen molar-refractivity contribution in [1.82, 2.24) is 20.4 Å². The second-order valence-electron chi connectivity index (χ2n) is 5.87. The molecule has 112 valence electrons. The zero-order chi connectivity index (χ0) is 14.5. The quantitative estimate of drug-likeness (QED) is 0.654. The highest BCUT2D eigenvalue weighted by Crippen LogP contribution is 2.31. The van der Waals surface area contributed by atoms with E-state index in [-0.39, 0.29) is 6.04 Å². The van der Waals surface area contributed by atoms with Crippen LogP contribution < -0.4 is 11.3 Å². The Bertz CT molecular complexity index is 545. The third-order valence-corrected chi connectivity index (χ3v) is 4.43. The molecule has 1 unspecified atom stereocenters. The Morgan fingerprint density at radius 1 is 1.19 bits per heavy atom. The maximum Gasteiger partial charge on any atom is 0.0828 e. The lowest BCUT2D eigenvalue weighted by atomic mass is 9.84. The van der Waals surface area contributed by atoms with Crippen molar-refractivity contribution in [1.29, 1.82) is 0 Å². The first-order valence-corrected chi connectivity index (χ1v) is 7.80. The number of rotatable bonds is 5. The first kappa shape index (κ1) is 14.2. The van der Waals surface area contributed by atoms with Crippen molar-refractivity contribution in [3.8, 4) is 5.69 Å². The van der Waals surface area contributed by atoms with Crippen molar-refractivity contribution in [3.63, 3.8) is 0 Å². The van der Waals surface area contributed by atoms with E-state index in [0.717, 1.165) is 23.7 Å². The fraction of sp³-hybridized carbons (Fsp3) is 0.500. The monoisotopic (exact) mass is 285 g/mol. The van der Waals surface area contributed by atoms with E-state index < -0.39 is 0 Å². The molecule has 1 aromatic heterocycles. The minimum Gasteiger partial charge on any atom is -0.271 e. The van der Waals surface area contributed by atoms with Crippen LogP contribution >= 0.6 is 0 Å². The molecular weight excluding hydrogens is 262 g/mol. The van der Waals surface area contributed by atoms with Crippen LogP contribution in [0.1, 0.15) is 50.3 Å². The molecule has 0 radical (unpaired) electrons. The number of para-hydroxylation sites is 1. The van der Waals surface area contributed by atoms with Crippen LogP contribution in [0.25, 0.3) is 5.69 Å². The van der Waals surface area contributed by atoms with Crippen LogP contribution in [0.3, 0.4) is 0 Å². The van der Waals surface area contributed by atoms with Crippen LogP contribution in [0, 0.1) is 5.92 Å². The zero-order valence-corrected chi connectivity index (χ0v) is 12.3. The summed E-state index contributed by atoms with van der Waals surface area (Å²) in [5, 5.41) is 8.30. The first-order valence-electron chi connectivity index (χ1n) is 7.80. The van der Waals surface area contributed by atoms with Gasteiger partial charge in [-0.1, -0.05) is 55.5 Å². The SMILES string of the molecule is NNC(CC1CCCCC1)c1cnnn1-c1ccccc1. The number of nitrogens with two attached hydrogens (primary N) is 1. The third-order valence-electron chi connectivity index (χ3n) is 4.43. The zero-order valence-electron chi connectivity index (χ0n) is 12.3. The second-order valence-corrected chi connectivity index (χ2v) is 5.87. The number of hydrazine groups is 1. The van der Waals surface area contributed by atoms with Gasteiger partial charge in [0, 0.05) is 0 Å². The van der Waals surface area contributed by atoms with Gasteiger partial charge in [0.15, 0.2) is 0 Å². The molecule has 0 amide bonds. The normalized spacial score (nSPS) is 17.8. The van der Waals surface area contributed by atoms with Crippen molar-refractivity contribution >= 4 is 0 Å². The van der Waals surface area contributed by atoms with Crippen molar-refractivity contribution < 1.29 is 0 Å². The van der Waals surface area contributed by atoms with Gasteiger partial charge in [-0.2, -0.15) is 0 Å². The lowest BCUT2D eigenvalue weighted by Crippen LogP contribution is -2.31. The predicted octanol–water partition coefficient (Wildman–Crippen LogP) is 2.74. The molecule has 1 atom stereocenters. The highest BCUT2D eigenvalue weighted by atomic mass is 15.4. The van der Waals surface area contributed by atoms with E-state index in [0.29, 0.717) is 0 Å². The average Bonchev–Trinajstić information content (AvgIpc) is 3.04. The van der Waals surface area contributed by atoms with Gasteiger partial charge in [0.1, 0.15) is 0 Å². The van der Waals surface area contributed by atoms with E-state index in [1.807, 2.05) is 41.2 Å². The number of nitrogens with zero attached hydrogens (tertiary/aromatic N) is 3. The van der Waals surface area contributed by atoms with E-state index >= 15 is 0 Å². The average molecular weight is 285 g/mol. The van der Waals surface area contributed by atoms with Crippen LogP contribution in [0.5, 0.6) is 0 Å². The minimum atomic E-state index is 0.100. The summed E-state index contributed by atoms with van der Waals surface area (Å²) in [5.74, 6) is 6.56. The summed E-state index contributed by atoms with van der Waals surface area (Å²) in [7, 11) is 0. The fourth-order valence-electron chi connectivity index (χ4n) is 3.28. The van der Waals surface area contributed by atoms with Crippen LogP contribution in [0.2, 0.25) is 0 Å².